The third kappa shape index (κ3) is 3.33. The molecule has 4 rings (SSSR count). The van der Waals surface area contributed by atoms with Gasteiger partial charge >= 0.3 is 5.97 Å². The number of esters is 1. The molecule has 1 unspecified atom stereocenters. The van der Waals surface area contributed by atoms with E-state index in [0.29, 0.717) is 28.2 Å². The van der Waals surface area contributed by atoms with E-state index in [1.165, 1.54) is 6.07 Å². The molecule has 0 saturated carbocycles. The van der Waals surface area contributed by atoms with E-state index < -0.39 is 12.1 Å². The zero-order valence-electron chi connectivity index (χ0n) is 14.6. The van der Waals surface area contributed by atoms with Crippen LogP contribution >= 0.6 is 0 Å². The lowest BCUT2D eigenvalue weighted by molar-refractivity contribution is 0.0265. The van der Waals surface area contributed by atoms with Gasteiger partial charge in [0.2, 0.25) is 12.6 Å². The normalized spacial score (nSPS) is 13.4. The van der Waals surface area contributed by atoms with Crippen molar-refractivity contribution in [3.8, 4) is 22.9 Å². The van der Waals surface area contributed by atoms with Crippen LogP contribution in [0.15, 0.2) is 40.9 Å². The SMILES string of the molecule is Cc1ccc(-c2noc(C(C)OC(=O)c3ccc4c(c3)OCO4)n2)cc1F. The molecule has 0 saturated heterocycles. The van der Waals surface area contributed by atoms with E-state index in [4.69, 9.17) is 18.7 Å². The first-order valence-corrected chi connectivity index (χ1v) is 8.22. The number of nitrogens with zero attached hydrogens (tertiary/aromatic N) is 2. The van der Waals surface area contributed by atoms with Crippen LogP contribution in [0.4, 0.5) is 4.39 Å². The Balaban J connectivity index is 1.48. The van der Waals surface area contributed by atoms with Gasteiger partial charge in [-0.2, -0.15) is 4.98 Å². The second kappa shape index (κ2) is 6.71. The second-order valence-electron chi connectivity index (χ2n) is 6.04. The van der Waals surface area contributed by atoms with Crippen molar-refractivity contribution in [1.29, 1.82) is 0 Å². The summed E-state index contributed by atoms with van der Waals surface area (Å²) >= 11 is 0. The highest BCUT2D eigenvalue weighted by Crippen LogP contribution is 2.33. The molecule has 8 heteroatoms. The lowest BCUT2D eigenvalue weighted by Gasteiger charge is -2.09. The van der Waals surface area contributed by atoms with Crippen LogP contribution in [0, 0.1) is 12.7 Å². The van der Waals surface area contributed by atoms with E-state index >= 15 is 0 Å². The first kappa shape index (κ1) is 17.0. The second-order valence-corrected chi connectivity index (χ2v) is 6.04. The number of ether oxygens (including phenoxy) is 3. The number of carbonyl (C=O) groups excluding carboxylic acids is 1. The van der Waals surface area contributed by atoms with E-state index in [1.807, 2.05) is 0 Å². The monoisotopic (exact) mass is 370 g/mol. The smallest absolute Gasteiger partial charge is 0.339 e. The molecule has 0 aliphatic carbocycles. The van der Waals surface area contributed by atoms with Crippen LogP contribution in [0.2, 0.25) is 0 Å². The Kier molecular flexibility index (Phi) is 4.23. The maximum atomic E-state index is 13.7. The van der Waals surface area contributed by atoms with Gasteiger partial charge in [0.1, 0.15) is 5.82 Å². The predicted molar refractivity (Wildman–Crippen MR) is 90.8 cm³/mol. The number of benzene rings is 2. The van der Waals surface area contributed by atoms with Crippen LogP contribution in [0.1, 0.15) is 34.8 Å². The molecule has 27 heavy (non-hydrogen) atoms. The first-order chi connectivity index (χ1) is 13.0. The van der Waals surface area contributed by atoms with E-state index in [1.54, 1.807) is 44.2 Å². The molecule has 0 radical (unpaired) electrons. The van der Waals surface area contributed by atoms with Gasteiger partial charge in [-0.3, -0.25) is 0 Å². The van der Waals surface area contributed by atoms with Gasteiger partial charge in [-0.15, -0.1) is 0 Å². The summed E-state index contributed by atoms with van der Waals surface area (Å²) in [4.78, 5) is 16.5. The number of halogens is 1. The highest BCUT2D eigenvalue weighted by molar-refractivity contribution is 5.90. The summed E-state index contributed by atoms with van der Waals surface area (Å²) in [7, 11) is 0. The standard InChI is InChI=1S/C19H15FN2O5/c1-10-3-4-12(7-14(10)20)17-21-18(27-22-17)11(2)26-19(23)13-5-6-15-16(8-13)25-9-24-15/h3-8,11H,9H2,1-2H3. The van der Waals surface area contributed by atoms with Crippen LogP contribution in [0.25, 0.3) is 11.4 Å². The summed E-state index contributed by atoms with van der Waals surface area (Å²) in [5, 5.41) is 3.82. The minimum Gasteiger partial charge on any atom is -0.454 e. The lowest BCUT2D eigenvalue weighted by atomic mass is 10.1. The van der Waals surface area contributed by atoms with Gasteiger partial charge < -0.3 is 18.7 Å². The maximum Gasteiger partial charge on any atom is 0.339 e. The zero-order valence-corrected chi connectivity index (χ0v) is 14.6. The molecule has 1 atom stereocenters. The van der Waals surface area contributed by atoms with Crippen molar-refractivity contribution in [2.75, 3.05) is 6.79 Å². The minimum absolute atomic E-state index is 0.111. The van der Waals surface area contributed by atoms with Gasteiger partial charge in [-0.25, -0.2) is 9.18 Å². The average molecular weight is 370 g/mol. The van der Waals surface area contributed by atoms with Crippen molar-refractivity contribution in [3.05, 3.63) is 59.2 Å². The number of rotatable bonds is 4. The Morgan fingerprint density at radius 2 is 2.00 bits per heavy atom. The minimum atomic E-state index is -0.778. The van der Waals surface area contributed by atoms with Crippen molar-refractivity contribution in [3.63, 3.8) is 0 Å². The quantitative estimate of drug-likeness (QED) is 0.645. The van der Waals surface area contributed by atoms with Gasteiger partial charge in [0.05, 0.1) is 5.56 Å². The third-order valence-electron chi connectivity index (χ3n) is 4.11. The Morgan fingerprint density at radius 1 is 1.19 bits per heavy atom. The molecule has 1 aliphatic rings. The molecule has 0 spiro atoms. The molecular weight excluding hydrogens is 355 g/mol. The molecule has 0 N–H and O–H groups in total. The highest BCUT2D eigenvalue weighted by atomic mass is 19.1. The van der Waals surface area contributed by atoms with Gasteiger partial charge in [-0.05, 0) is 43.7 Å². The fourth-order valence-corrected chi connectivity index (χ4v) is 2.55. The molecule has 7 nitrogen and oxygen atoms in total. The number of hydrogen-bond donors (Lipinski definition) is 0. The fraction of sp³-hybridized carbons (Fsp3) is 0.211. The van der Waals surface area contributed by atoms with E-state index in [9.17, 15) is 9.18 Å². The number of aromatic nitrogens is 2. The number of aryl methyl sites for hydroxylation is 1. The molecule has 1 aromatic heterocycles. The largest absolute Gasteiger partial charge is 0.454 e. The van der Waals surface area contributed by atoms with Crippen molar-refractivity contribution >= 4 is 5.97 Å². The summed E-state index contributed by atoms with van der Waals surface area (Å²) < 4.78 is 34.7. The summed E-state index contributed by atoms with van der Waals surface area (Å²) in [6.45, 7) is 3.39. The van der Waals surface area contributed by atoms with Crippen molar-refractivity contribution in [2.45, 2.75) is 20.0 Å². The fourth-order valence-electron chi connectivity index (χ4n) is 2.55. The first-order valence-electron chi connectivity index (χ1n) is 8.22. The average Bonchev–Trinajstić information content (AvgIpc) is 3.32. The molecular formula is C19H15FN2O5. The molecule has 138 valence electrons. The zero-order chi connectivity index (χ0) is 19.0. The van der Waals surface area contributed by atoms with E-state index in [2.05, 4.69) is 10.1 Å². The molecule has 0 bridgehead atoms. The predicted octanol–water partition coefficient (Wildman–Crippen LogP) is 3.83. The highest BCUT2D eigenvalue weighted by Gasteiger charge is 2.22. The Hall–Kier alpha value is -3.42. The van der Waals surface area contributed by atoms with Gasteiger partial charge in [0.25, 0.3) is 5.89 Å². The van der Waals surface area contributed by atoms with Crippen molar-refractivity contribution in [1.82, 2.24) is 10.1 Å². The van der Waals surface area contributed by atoms with Crippen LogP contribution in [-0.4, -0.2) is 22.9 Å². The molecule has 2 heterocycles. The van der Waals surface area contributed by atoms with Gasteiger partial charge in [-0.1, -0.05) is 17.3 Å². The van der Waals surface area contributed by atoms with E-state index in [0.717, 1.165) is 0 Å². The maximum absolute atomic E-state index is 13.7. The van der Waals surface area contributed by atoms with Crippen molar-refractivity contribution < 1.29 is 27.9 Å². The summed E-state index contributed by atoms with van der Waals surface area (Å²) in [6, 6.07) is 9.41. The summed E-state index contributed by atoms with van der Waals surface area (Å²) in [5.74, 6) is 0.461. The molecule has 0 amide bonds. The Morgan fingerprint density at radius 3 is 2.81 bits per heavy atom. The van der Waals surface area contributed by atoms with Gasteiger partial charge in [0.15, 0.2) is 17.6 Å². The number of carbonyl (C=O) groups is 1. The summed E-state index contributed by atoms with van der Waals surface area (Å²) in [5.41, 5.74) is 1.31. The topological polar surface area (TPSA) is 83.7 Å². The summed E-state index contributed by atoms with van der Waals surface area (Å²) in [6.07, 6.45) is -0.778. The van der Waals surface area contributed by atoms with Crippen LogP contribution in [-0.2, 0) is 4.74 Å². The van der Waals surface area contributed by atoms with Crippen LogP contribution < -0.4 is 9.47 Å². The molecule has 3 aromatic rings. The lowest BCUT2D eigenvalue weighted by Crippen LogP contribution is -2.09. The molecule has 1 aliphatic heterocycles. The Labute approximate surface area is 153 Å². The molecule has 2 aromatic carbocycles. The Bertz CT molecular complexity index is 1020. The number of fused-ring (bicyclic) bond motifs is 1. The van der Waals surface area contributed by atoms with E-state index in [-0.39, 0.29) is 24.3 Å². The van der Waals surface area contributed by atoms with Crippen molar-refractivity contribution in [2.24, 2.45) is 0 Å². The van der Waals surface area contributed by atoms with Gasteiger partial charge in [0, 0.05) is 5.56 Å². The van der Waals surface area contributed by atoms with Crippen LogP contribution in [0.3, 0.4) is 0 Å². The van der Waals surface area contributed by atoms with Crippen LogP contribution in [0.5, 0.6) is 11.5 Å². The number of hydrogen-bond acceptors (Lipinski definition) is 7. The molecule has 0 fully saturated rings. The third-order valence-corrected chi connectivity index (χ3v) is 4.11.